The van der Waals surface area contributed by atoms with Gasteiger partial charge in [-0.1, -0.05) is 44.3 Å². The molecule has 0 aliphatic carbocycles. The van der Waals surface area contributed by atoms with E-state index in [4.69, 9.17) is 18.0 Å². The van der Waals surface area contributed by atoms with Crippen LogP contribution in [-0.4, -0.2) is 30.8 Å². The van der Waals surface area contributed by atoms with Crippen molar-refractivity contribution in [1.29, 1.82) is 0 Å². The molecule has 0 aliphatic rings. The van der Waals surface area contributed by atoms with Gasteiger partial charge < -0.3 is 5.73 Å². The van der Waals surface area contributed by atoms with E-state index in [1.165, 1.54) is 4.31 Å². The summed E-state index contributed by atoms with van der Waals surface area (Å²) in [6, 6.07) is 6.62. The molecule has 0 spiro atoms. The second-order valence-corrected chi connectivity index (χ2v) is 6.61. The van der Waals surface area contributed by atoms with Crippen LogP contribution in [0, 0.1) is 0 Å². The number of nitrogens with two attached hydrogens (primary N) is 1. The van der Waals surface area contributed by atoms with E-state index in [0.29, 0.717) is 18.7 Å². The summed E-state index contributed by atoms with van der Waals surface area (Å²) in [6.07, 6.45) is 1.54. The number of benzene rings is 1. The fraction of sp³-hybridized carbons (Fsp3) is 0.462. The van der Waals surface area contributed by atoms with E-state index in [1.807, 2.05) is 13.8 Å². The van der Waals surface area contributed by atoms with Crippen LogP contribution in [-0.2, 0) is 10.0 Å². The molecule has 6 heteroatoms. The zero-order valence-electron chi connectivity index (χ0n) is 11.3. The first kappa shape index (κ1) is 16.1. The van der Waals surface area contributed by atoms with Gasteiger partial charge in [0.1, 0.15) is 4.99 Å². The van der Waals surface area contributed by atoms with E-state index in [2.05, 4.69) is 0 Å². The van der Waals surface area contributed by atoms with Crippen LogP contribution in [0.3, 0.4) is 0 Å². The number of rotatable bonds is 7. The average Bonchev–Trinajstić information content (AvgIpc) is 2.38. The Morgan fingerprint density at radius 1 is 1.21 bits per heavy atom. The summed E-state index contributed by atoms with van der Waals surface area (Å²) in [5, 5.41) is 0. The third kappa shape index (κ3) is 3.75. The van der Waals surface area contributed by atoms with Gasteiger partial charge in [-0.15, -0.1) is 0 Å². The molecule has 2 N–H and O–H groups in total. The van der Waals surface area contributed by atoms with E-state index < -0.39 is 10.0 Å². The Hall–Kier alpha value is -0.980. The minimum Gasteiger partial charge on any atom is -0.389 e. The lowest BCUT2D eigenvalue weighted by Crippen LogP contribution is -2.33. The van der Waals surface area contributed by atoms with Crippen LogP contribution >= 0.6 is 12.2 Å². The maximum absolute atomic E-state index is 12.6. The van der Waals surface area contributed by atoms with E-state index >= 15 is 0 Å². The van der Waals surface area contributed by atoms with Crippen molar-refractivity contribution >= 4 is 27.2 Å². The quantitative estimate of drug-likeness (QED) is 0.784. The molecule has 0 unspecified atom stereocenters. The van der Waals surface area contributed by atoms with Crippen molar-refractivity contribution in [2.45, 2.75) is 31.6 Å². The van der Waals surface area contributed by atoms with Crippen molar-refractivity contribution in [1.82, 2.24) is 4.31 Å². The first-order valence-corrected chi connectivity index (χ1v) is 8.19. The van der Waals surface area contributed by atoms with Crippen LogP contribution in [0.4, 0.5) is 0 Å². The molecular formula is C13H20N2O2S2. The van der Waals surface area contributed by atoms with Gasteiger partial charge in [0.05, 0.1) is 4.90 Å². The molecule has 0 radical (unpaired) electrons. The third-order valence-corrected chi connectivity index (χ3v) is 4.89. The number of nitrogens with zero attached hydrogens (tertiary/aromatic N) is 1. The molecule has 0 atom stereocenters. The fourth-order valence-corrected chi connectivity index (χ4v) is 3.96. The molecule has 0 aromatic heterocycles. The number of sulfonamides is 1. The summed E-state index contributed by atoms with van der Waals surface area (Å²) in [6.45, 7) is 4.92. The minimum absolute atomic E-state index is 0.104. The molecule has 0 bridgehead atoms. The van der Waals surface area contributed by atoms with Gasteiger partial charge in [0.2, 0.25) is 10.0 Å². The summed E-state index contributed by atoms with van der Waals surface area (Å²) in [7, 11) is -3.54. The fourth-order valence-electron chi connectivity index (χ4n) is 1.89. The number of thiocarbonyl (C=S) groups is 1. The highest BCUT2D eigenvalue weighted by Gasteiger charge is 2.26. The minimum atomic E-state index is -3.54. The van der Waals surface area contributed by atoms with Crippen molar-refractivity contribution in [2.24, 2.45) is 5.73 Å². The van der Waals surface area contributed by atoms with E-state index in [-0.39, 0.29) is 9.88 Å². The van der Waals surface area contributed by atoms with Crippen LogP contribution in [0.25, 0.3) is 0 Å². The lowest BCUT2D eigenvalue weighted by molar-refractivity contribution is 0.410. The van der Waals surface area contributed by atoms with Gasteiger partial charge in [-0.25, -0.2) is 8.42 Å². The Morgan fingerprint density at radius 3 is 2.21 bits per heavy atom. The first-order valence-electron chi connectivity index (χ1n) is 6.34. The van der Waals surface area contributed by atoms with E-state index in [1.54, 1.807) is 24.3 Å². The topological polar surface area (TPSA) is 63.4 Å². The van der Waals surface area contributed by atoms with Crippen molar-refractivity contribution in [3.63, 3.8) is 0 Å². The van der Waals surface area contributed by atoms with Crippen molar-refractivity contribution in [3.8, 4) is 0 Å². The van der Waals surface area contributed by atoms with Crippen LogP contribution in [0.1, 0.15) is 32.3 Å². The maximum atomic E-state index is 12.6. The van der Waals surface area contributed by atoms with Gasteiger partial charge in [-0.2, -0.15) is 4.31 Å². The molecule has 1 aromatic carbocycles. The third-order valence-electron chi connectivity index (χ3n) is 2.72. The molecule has 1 aromatic rings. The van der Waals surface area contributed by atoms with Gasteiger partial charge in [0, 0.05) is 18.7 Å². The van der Waals surface area contributed by atoms with Gasteiger partial charge in [-0.05, 0) is 18.9 Å². The first-order chi connectivity index (χ1) is 8.95. The molecule has 0 heterocycles. The normalized spacial score (nSPS) is 11.7. The van der Waals surface area contributed by atoms with Crippen molar-refractivity contribution < 1.29 is 8.42 Å². The SMILES string of the molecule is CCCN(CCC)S(=O)(=O)c1ccccc1C(N)=S. The molecule has 106 valence electrons. The molecule has 0 saturated heterocycles. The van der Waals surface area contributed by atoms with Gasteiger partial charge in [0.25, 0.3) is 0 Å². The monoisotopic (exact) mass is 300 g/mol. The summed E-state index contributed by atoms with van der Waals surface area (Å²) < 4.78 is 26.8. The summed E-state index contributed by atoms with van der Waals surface area (Å²) >= 11 is 4.93. The highest BCUT2D eigenvalue weighted by atomic mass is 32.2. The van der Waals surface area contributed by atoms with Gasteiger partial charge >= 0.3 is 0 Å². The standard InChI is InChI=1S/C13H20N2O2S2/c1-3-9-15(10-4-2)19(16,17)12-8-6-5-7-11(12)13(14)18/h5-8H,3-4,9-10H2,1-2H3,(H2,14,18). The zero-order valence-corrected chi connectivity index (χ0v) is 12.9. The molecule has 19 heavy (non-hydrogen) atoms. The van der Waals surface area contributed by atoms with E-state index in [0.717, 1.165) is 12.8 Å². The smallest absolute Gasteiger partial charge is 0.243 e. The molecule has 0 fully saturated rings. The number of hydrogen-bond donors (Lipinski definition) is 1. The zero-order chi connectivity index (χ0) is 14.5. The molecule has 4 nitrogen and oxygen atoms in total. The molecule has 0 saturated carbocycles. The predicted octanol–water partition coefficient (Wildman–Crippen LogP) is 2.13. The lowest BCUT2D eigenvalue weighted by atomic mass is 10.2. The Bertz CT molecular complexity index is 535. The van der Waals surface area contributed by atoms with Crippen molar-refractivity contribution in [2.75, 3.05) is 13.1 Å². The second-order valence-electron chi connectivity index (χ2n) is 4.26. The van der Waals surface area contributed by atoms with Gasteiger partial charge in [0.15, 0.2) is 0 Å². The maximum Gasteiger partial charge on any atom is 0.243 e. The van der Waals surface area contributed by atoms with Gasteiger partial charge in [-0.3, -0.25) is 0 Å². The Labute approximate surface area is 120 Å². The molecule has 1 rings (SSSR count). The number of hydrogen-bond acceptors (Lipinski definition) is 3. The second kappa shape index (κ2) is 6.98. The highest BCUT2D eigenvalue weighted by Crippen LogP contribution is 2.20. The Balaban J connectivity index is 3.29. The Kier molecular flexibility index (Phi) is 5.90. The van der Waals surface area contributed by atoms with Crippen molar-refractivity contribution in [3.05, 3.63) is 29.8 Å². The predicted molar refractivity (Wildman–Crippen MR) is 81.7 cm³/mol. The van der Waals surface area contributed by atoms with E-state index in [9.17, 15) is 8.42 Å². The molecule has 0 amide bonds. The summed E-state index contributed by atoms with van der Waals surface area (Å²) in [5.41, 5.74) is 6.02. The summed E-state index contributed by atoms with van der Waals surface area (Å²) in [5.74, 6) is 0. The Morgan fingerprint density at radius 2 is 1.74 bits per heavy atom. The summed E-state index contributed by atoms with van der Waals surface area (Å²) in [4.78, 5) is 0.302. The van der Waals surface area contributed by atoms with Crippen LogP contribution < -0.4 is 5.73 Å². The lowest BCUT2D eigenvalue weighted by Gasteiger charge is -2.22. The largest absolute Gasteiger partial charge is 0.389 e. The van der Waals surface area contributed by atoms with Crippen LogP contribution in [0.5, 0.6) is 0 Å². The average molecular weight is 300 g/mol. The highest BCUT2D eigenvalue weighted by molar-refractivity contribution is 7.89. The molecule has 0 aliphatic heterocycles. The molecular weight excluding hydrogens is 280 g/mol. The van der Waals surface area contributed by atoms with Crippen LogP contribution in [0.15, 0.2) is 29.2 Å². The van der Waals surface area contributed by atoms with Crippen LogP contribution in [0.2, 0.25) is 0 Å².